The molecule has 1 amide bonds. The molecule has 1 rings (SSSR count). The molecule has 1 saturated heterocycles. The Morgan fingerprint density at radius 1 is 1.50 bits per heavy atom. The zero-order valence-corrected chi connectivity index (χ0v) is 9.38. The van der Waals surface area contributed by atoms with Crippen LogP contribution in [0.3, 0.4) is 0 Å². The van der Waals surface area contributed by atoms with Gasteiger partial charge in [-0.1, -0.05) is 6.42 Å². The van der Waals surface area contributed by atoms with Crippen LogP contribution >= 0.6 is 0 Å². The van der Waals surface area contributed by atoms with Gasteiger partial charge in [0.25, 0.3) is 0 Å². The second-order valence-electron chi connectivity index (χ2n) is 4.14. The molecular weight excluding hydrogens is 176 g/mol. The summed E-state index contributed by atoms with van der Waals surface area (Å²) in [5.41, 5.74) is 0. The Kier molecular flexibility index (Phi) is 4.94. The first-order valence-electron chi connectivity index (χ1n) is 5.69. The minimum absolute atomic E-state index is 0.353. The van der Waals surface area contributed by atoms with Crippen molar-refractivity contribution in [2.75, 3.05) is 20.1 Å². The van der Waals surface area contributed by atoms with Crippen LogP contribution in [0.25, 0.3) is 0 Å². The lowest BCUT2D eigenvalue weighted by Crippen LogP contribution is -2.38. The van der Waals surface area contributed by atoms with Gasteiger partial charge in [-0.3, -0.25) is 4.79 Å². The average molecular weight is 198 g/mol. The van der Waals surface area contributed by atoms with Gasteiger partial charge in [0, 0.05) is 19.0 Å². The summed E-state index contributed by atoms with van der Waals surface area (Å²) in [7, 11) is 1.95. The molecule has 1 N–H and O–H groups in total. The number of nitrogens with one attached hydrogen (secondary N) is 1. The SMILES string of the molecule is CNCCCN1C(=O)CCCCC1C. The van der Waals surface area contributed by atoms with Gasteiger partial charge in [-0.2, -0.15) is 0 Å². The Bertz CT molecular complexity index is 182. The summed E-state index contributed by atoms with van der Waals surface area (Å²) in [6, 6.07) is 0.446. The second kappa shape index (κ2) is 6.02. The minimum Gasteiger partial charge on any atom is -0.340 e. The number of carbonyl (C=O) groups excluding carboxylic acids is 1. The van der Waals surface area contributed by atoms with Crippen LogP contribution in [-0.4, -0.2) is 37.0 Å². The molecule has 82 valence electrons. The van der Waals surface area contributed by atoms with Crippen LogP contribution in [0.15, 0.2) is 0 Å². The van der Waals surface area contributed by atoms with Crippen LogP contribution in [0, 0.1) is 0 Å². The molecule has 1 unspecified atom stereocenters. The quantitative estimate of drug-likeness (QED) is 0.692. The molecule has 1 fully saturated rings. The molecular formula is C11H22N2O. The lowest BCUT2D eigenvalue weighted by molar-refractivity contribution is -0.132. The monoisotopic (exact) mass is 198 g/mol. The number of rotatable bonds is 4. The summed E-state index contributed by atoms with van der Waals surface area (Å²) >= 11 is 0. The predicted octanol–water partition coefficient (Wildman–Crippen LogP) is 1.39. The number of carbonyl (C=O) groups is 1. The number of amides is 1. The first-order valence-corrected chi connectivity index (χ1v) is 5.69. The Balaban J connectivity index is 2.39. The normalized spacial score (nSPS) is 23.7. The molecule has 3 heteroatoms. The average Bonchev–Trinajstić information content (AvgIpc) is 2.32. The Morgan fingerprint density at radius 2 is 2.29 bits per heavy atom. The molecule has 0 aromatic heterocycles. The highest BCUT2D eigenvalue weighted by atomic mass is 16.2. The van der Waals surface area contributed by atoms with E-state index in [1.165, 1.54) is 12.8 Å². The summed E-state index contributed by atoms with van der Waals surface area (Å²) in [4.78, 5) is 13.8. The van der Waals surface area contributed by atoms with E-state index in [0.717, 1.165) is 32.4 Å². The van der Waals surface area contributed by atoms with Crippen molar-refractivity contribution in [3.05, 3.63) is 0 Å². The number of hydrogen-bond donors (Lipinski definition) is 1. The van der Waals surface area contributed by atoms with Crippen molar-refractivity contribution in [1.82, 2.24) is 10.2 Å². The van der Waals surface area contributed by atoms with E-state index < -0.39 is 0 Å². The van der Waals surface area contributed by atoms with Crippen molar-refractivity contribution in [2.45, 2.75) is 45.1 Å². The highest BCUT2D eigenvalue weighted by Gasteiger charge is 2.21. The smallest absolute Gasteiger partial charge is 0.222 e. The van der Waals surface area contributed by atoms with E-state index in [4.69, 9.17) is 0 Å². The van der Waals surface area contributed by atoms with Gasteiger partial charge in [0.15, 0.2) is 0 Å². The van der Waals surface area contributed by atoms with E-state index >= 15 is 0 Å². The van der Waals surface area contributed by atoms with Gasteiger partial charge in [0.05, 0.1) is 0 Å². The van der Waals surface area contributed by atoms with E-state index in [-0.39, 0.29) is 0 Å². The lowest BCUT2D eigenvalue weighted by atomic mass is 10.1. The number of hydrogen-bond acceptors (Lipinski definition) is 2. The Morgan fingerprint density at radius 3 is 3.00 bits per heavy atom. The van der Waals surface area contributed by atoms with Gasteiger partial charge in [-0.25, -0.2) is 0 Å². The zero-order valence-electron chi connectivity index (χ0n) is 9.38. The largest absolute Gasteiger partial charge is 0.340 e. The zero-order chi connectivity index (χ0) is 10.4. The predicted molar refractivity (Wildman–Crippen MR) is 58.2 cm³/mol. The second-order valence-corrected chi connectivity index (χ2v) is 4.14. The topological polar surface area (TPSA) is 32.3 Å². The Hall–Kier alpha value is -0.570. The number of nitrogens with zero attached hydrogens (tertiary/aromatic N) is 1. The van der Waals surface area contributed by atoms with Crippen molar-refractivity contribution in [1.29, 1.82) is 0 Å². The van der Waals surface area contributed by atoms with Gasteiger partial charge in [0.2, 0.25) is 5.91 Å². The maximum atomic E-state index is 11.7. The van der Waals surface area contributed by atoms with Crippen LogP contribution in [0.2, 0.25) is 0 Å². The van der Waals surface area contributed by atoms with E-state index in [1.807, 2.05) is 7.05 Å². The molecule has 14 heavy (non-hydrogen) atoms. The van der Waals surface area contributed by atoms with Crippen LogP contribution in [0.5, 0.6) is 0 Å². The van der Waals surface area contributed by atoms with E-state index in [1.54, 1.807) is 0 Å². The molecule has 0 aliphatic carbocycles. The Labute approximate surface area is 86.9 Å². The van der Waals surface area contributed by atoms with E-state index in [0.29, 0.717) is 11.9 Å². The molecule has 1 atom stereocenters. The van der Waals surface area contributed by atoms with Crippen LogP contribution in [0.4, 0.5) is 0 Å². The highest BCUT2D eigenvalue weighted by Crippen LogP contribution is 2.17. The van der Waals surface area contributed by atoms with Gasteiger partial charge in [-0.05, 0) is 39.8 Å². The minimum atomic E-state index is 0.353. The molecule has 0 bridgehead atoms. The fourth-order valence-electron chi connectivity index (χ4n) is 2.03. The van der Waals surface area contributed by atoms with Crippen molar-refractivity contribution < 1.29 is 4.79 Å². The molecule has 1 aliphatic rings. The van der Waals surface area contributed by atoms with E-state index in [9.17, 15) is 4.79 Å². The van der Waals surface area contributed by atoms with Crippen LogP contribution < -0.4 is 5.32 Å². The van der Waals surface area contributed by atoms with Gasteiger partial charge >= 0.3 is 0 Å². The third-order valence-electron chi connectivity index (χ3n) is 2.94. The fraction of sp³-hybridized carbons (Fsp3) is 0.909. The third kappa shape index (κ3) is 3.29. The third-order valence-corrected chi connectivity index (χ3v) is 2.94. The maximum absolute atomic E-state index is 11.7. The summed E-state index contributed by atoms with van der Waals surface area (Å²) in [5.74, 6) is 0.353. The van der Waals surface area contributed by atoms with Crippen LogP contribution in [-0.2, 0) is 4.79 Å². The summed E-state index contributed by atoms with van der Waals surface area (Å²) in [5, 5.41) is 3.11. The molecule has 0 spiro atoms. The lowest BCUT2D eigenvalue weighted by Gasteiger charge is -2.27. The molecule has 0 radical (unpaired) electrons. The van der Waals surface area contributed by atoms with Gasteiger partial charge in [-0.15, -0.1) is 0 Å². The molecule has 0 aromatic carbocycles. The van der Waals surface area contributed by atoms with Crippen LogP contribution in [0.1, 0.15) is 39.0 Å². The van der Waals surface area contributed by atoms with Crippen molar-refractivity contribution >= 4 is 5.91 Å². The van der Waals surface area contributed by atoms with Gasteiger partial charge < -0.3 is 10.2 Å². The van der Waals surface area contributed by atoms with E-state index in [2.05, 4.69) is 17.1 Å². The molecule has 0 saturated carbocycles. The summed E-state index contributed by atoms with van der Waals surface area (Å²) in [6.07, 6.45) is 5.27. The number of likely N-dealkylation sites (tertiary alicyclic amines) is 1. The van der Waals surface area contributed by atoms with Gasteiger partial charge in [0.1, 0.15) is 0 Å². The fourth-order valence-corrected chi connectivity index (χ4v) is 2.03. The molecule has 1 heterocycles. The van der Waals surface area contributed by atoms with Crippen molar-refractivity contribution in [2.24, 2.45) is 0 Å². The standard InChI is InChI=1S/C11H22N2O/c1-10-6-3-4-7-11(14)13(10)9-5-8-12-2/h10,12H,3-9H2,1-2H3. The van der Waals surface area contributed by atoms with Crippen molar-refractivity contribution in [3.8, 4) is 0 Å². The summed E-state index contributed by atoms with van der Waals surface area (Å²) in [6.45, 7) is 4.08. The molecule has 0 aromatic rings. The summed E-state index contributed by atoms with van der Waals surface area (Å²) < 4.78 is 0. The van der Waals surface area contributed by atoms with Crippen molar-refractivity contribution in [3.63, 3.8) is 0 Å². The maximum Gasteiger partial charge on any atom is 0.222 e. The first kappa shape index (κ1) is 11.5. The molecule has 1 aliphatic heterocycles. The molecule has 3 nitrogen and oxygen atoms in total. The first-order chi connectivity index (χ1) is 6.75. The highest BCUT2D eigenvalue weighted by molar-refractivity contribution is 5.76.